The van der Waals surface area contributed by atoms with E-state index in [1.54, 1.807) is 19.3 Å². The van der Waals surface area contributed by atoms with Crippen LogP contribution in [0.2, 0.25) is 0 Å². The predicted octanol–water partition coefficient (Wildman–Crippen LogP) is 1.49. The van der Waals surface area contributed by atoms with Gasteiger partial charge in [0.1, 0.15) is 11.3 Å². The van der Waals surface area contributed by atoms with Gasteiger partial charge in [0.2, 0.25) is 5.82 Å². The minimum Gasteiger partial charge on any atom is -0.504 e. The van der Waals surface area contributed by atoms with Crippen molar-refractivity contribution in [3.63, 3.8) is 0 Å². The van der Waals surface area contributed by atoms with Gasteiger partial charge in [-0.3, -0.25) is 10.1 Å². The van der Waals surface area contributed by atoms with Crippen LogP contribution in [0.15, 0.2) is 18.5 Å². The van der Waals surface area contributed by atoms with Crippen LogP contribution in [0.4, 0.5) is 5.69 Å². The number of rotatable bonds is 2. The van der Waals surface area contributed by atoms with Crippen molar-refractivity contribution < 1.29 is 5.11 Å². The number of hydrogen-bond donors (Lipinski definition) is 2. The third kappa shape index (κ3) is 1.83. The van der Waals surface area contributed by atoms with Crippen molar-refractivity contribution in [3.8, 4) is 17.3 Å². The third-order valence-electron chi connectivity index (χ3n) is 3.03. The quantitative estimate of drug-likeness (QED) is 0.733. The fraction of sp³-hybridized carbons (Fsp3) is 0.231. The Morgan fingerprint density at radius 1 is 1.25 bits per heavy atom. The summed E-state index contributed by atoms with van der Waals surface area (Å²) in [5, 5.41) is 17.9. The standard InChI is InChI=1S/C13H14N6O/c1-7-16-13(18-17-7)11-12(20)10-8(6-15-11)9(19(2)3)4-5-14-10/h4-6,20H,1-3H3,(H,16,17,18). The minimum atomic E-state index is -0.00907. The molecule has 0 aliphatic rings. The van der Waals surface area contributed by atoms with E-state index in [1.807, 2.05) is 25.1 Å². The summed E-state index contributed by atoms with van der Waals surface area (Å²) in [4.78, 5) is 14.6. The molecule has 0 atom stereocenters. The number of aromatic nitrogens is 5. The van der Waals surface area contributed by atoms with Gasteiger partial charge in [0.25, 0.3) is 0 Å². The molecule has 3 aromatic heterocycles. The normalized spacial score (nSPS) is 10.9. The summed E-state index contributed by atoms with van der Waals surface area (Å²) in [5.74, 6) is 1.01. The molecule has 0 bridgehead atoms. The van der Waals surface area contributed by atoms with Gasteiger partial charge >= 0.3 is 0 Å². The number of fused-ring (bicyclic) bond motifs is 1. The van der Waals surface area contributed by atoms with Gasteiger partial charge in [-0.2, -0.15) is 5.10 Å². The first-order valence-corrected chi connectivity index (χ1v) is 6.11. The smallest absolute Gasteiger partial charge is 0.203 e. The average Bonchev–Trinajstić information content (AvgIpc) is 2.85. The van der Waals surface area contributed by atoms with E-state index in [0.29, 0.717) is 22.9 Å². The van der Waals surface area contributed by atoms with E-state index in [1.165, 1.54) is 0 Å². The molecule has 3 aromatic rings. The van der Waals surface area contributed by atoms with Crippen molar-refractivity contribution in [1.82, 2.24) is 25.1 Å². The number of pyridine rings is 2. The van der Waals surface area contributed by atoms with Crippen molar-refractivity contribution in [2.75, 3.05) is 19.0 Å². The zero-order valence-electron chi connectivity index (χ0n) is 11.4. The monoisotopic (exact) mass is 270 g/mol. The highest BCUT2D eigenvalue weighted by Crippen LogP contribution is 2.34. The van der Waals surface area contributed by atoms with Gasteiger partial charge in [0, 0.05) is 37.6 Å². The molecule has 3 rings (SSSR count). The summed E-state index contributed by atoms with van der Waals surface area (Å²) < 4.78 is 0. The summed E-state index contributed by atoms with van der Waals surface area (Å²) in [7, 11) is 3.86. The van der Waals surface area contributed by atoms with E-state index in [-0.39, 0.29) is 5.75 Å². The second-order valence-electron chi connectivity index (χ2n) is 4.69. The zero-order valence-corrected chi connectivity index (χ0v) is 11.4. The molecule has 3 heterocycles. The second kappa shape index (κ2) is 4.44. The molecule has 0 spiro atoms. The van der Waals surface area contributed by atoms with Gasteiger partial charge in [0.15, 0.2) is 11.4 Å². The zero-order chi connectivity index (χ0) is 14.3. The second-order valence-corrected chi connectivity index (χ2v) is 4.69. The lowest BCUT2D eigenvalue weighted by atomic mass is 10.2. The summed E-state index contributed by atoms with van der Waals surface area (Å²) in [6.45, 7) is 1.79. The lowest BCUT2D eigenvalue weighted by molar-refractivity contribution is 0.479. The van der Waals surface area contributed by atoms with Gasteiger partial charge in [-0.05, 0) is 13.0 Å². The van der Waals surface area contributed by atoms with E-state index in [9.17, 15) is 5.11 Å². The molecule has 0 saturated carbocycles. The van der Waals surface area contributed by atoms with Crippen molar-refractivity contribution in [3.05, 3.63) is 24.3 Å². The molecule has 0 saturated heterocycles. The molecule has 0 aromatic carbocycles. The third-order valence-corrected chi connectivity index (χ3v) is 3.03. The number of nitrogens with zero attached hydrogens (tertiary/aromatic N) is 5. The number of aryl methyl sites for hydroxylation is 1. The first-order chi connectivity index (χ1) is 9.58. The van der Waals surface area contributed by atoms with Gasteiger partial charge in [-0.1, -0.05) is 0 Å². The van der Waals surface area contributed by atoms with Crippen LogP contribution in [-0.4, -0.2) is 44.4 Å². The molecule has 7 nitrogen and oxygen atoms in total. The Morgan fingerprint density at radius 2 is 2.05 bits per heavy atom. The molecule has 102 valence electrons. The van der Waals surface area contributed by atoms with Crippen molar-refractivity contribution in [2.24, 2.45) is 0 Å². The number of hydrogen-bond acceptors (Lipinski definition) is 6. The fourth-order valence-corrected chi connectivity index (χ4v) is 2.08. The van der Waals surface area contributed by atoms with Crippen LogP contribution in [-0.2, 0) is 0 Å². The average molecular weight is 270 g/mol. The van der Waals surface area contributed by atoms with Crippen LogP contribution in [0.1, 0.15) is 5.82 Å². The maximum Gasteiger partial charge on any atom is 0.203 e. The fourth-order valence-electron chi connectivity index (χ4n) is 2.08. The highest BCUT2D eigenvalue weighted by atomic mass is 16.3. The number of H-pyrrole nitrogens is 1. The van der Waals surface area contributed by atoms with E-state index < -0.39 is 0 Å². The molecule has 2 N–H and O–H groups in total. The molecule has 0 amide bonds. The Hall–Kier alpha value is -2.70. The molecule has 0 fully saturated rings. The number of nitrogens with one attached hydrogen (secondary N) is 1. The van der Waals surface area contributed by atoms with Crippen LogP contribution < -0.4 is 4.90 Å². The first kappa shape index (κ1) is 12.3. The van der Waals surface area contributed by atoms with Crippen LogP contribution in [0, 0.1) is 6.92 Å². The van der Waals surface area contributed by atoms with Crippen LogP contribution in [0.25, 0.3) is 22.4 Å². The van der Waals surface area contributed by atoms with E-state index in [4.69, 9.17) is 0 Å². The van der Waals surface area contributed by atoms with Gasteiger partial charge in [-0.25, -0.2) is 9.97 Å². The molecule has 20 heavy (non-hydrogen) atoms. The van der Waals surface area contributed by atoms with Gasteiger partial charge < -0.3 is 10.0 Å². The minimum absolute atomic E-state index is 0.00907. The highest BCUT2D eigenvalue weighted by Gasteiger charge is 2.16. The molecule has 0 unspecified atom stereocenters. The molecule has 0 radical (unpaired) electrons. The SMILES string of the molecule is Cc1nc(-c2ncc3c(N(C)C)ccnc3c2O)n[nH]1. The molecular formula is C13H14N6O. The Bertz CT molecular complexity index is 780. The van der Waals surface area contributed by atoms with Gasteiger partial charge in [0.05, 0.1) is 0 Å². The number of aromatic amines is 1. The summed E-state index contributed by atoms with van der Waals surface area (Å²) in [6, 6.07) is 1.88. The summed E-state index contributed by atoms with van der Waals surface area (Å²) >= 11 is 0. The maximum absolute atomic E-state index is 10.4. The Balaban J connectivity index is 2.26. The summed E-state index contributed by atoms with van der Waals surface area (Å²) in [5.41, 5.74) is 1.75. The molecule has 0 aliphatic heterocycles. The Labute approximate surface area is 115 Å². The number of anilines is 1. The highest BCUT2D eigenvalue weighted by molar-refractivity contribution is 5.96. The van der Waals surface area contributed by atoms with Crippen molar-refractivity contribution in [2.45, 2.75) is 6.92 Å². The Morgan fingerprint density at radius 3 is 2.70 bits per heavy atom. The van der Waals surface area contributed by atoms with E-state index >= 15 is 0 Å². The van der Waals surface area contributed by atoms with E-state index in [2.05, 4.69) is 25.1 Å². The maximum atomic E-state index is 10.4. The van der Waals surface area contributed by atoms with Crippen LogP contribution in [0.5, 0.6) is 5.75 Å². The molecular weight excluding hydrogens is 256 g/mol. The van der Waals surface area contributed by atoms with Crippen molar-refractivity contribution >= 4 is 16.6 Å². The predicted molar refractivity (Wildman–Crippen MR) is 75.6 cm³/mol. The first-order valence-electron chi connectivity index (χ1n) is 6.11. The lowest BCUT2D eigenvalue weighted by Crippen LogP contribution is -2.09. The summed E-state index contributed by atoms with van der Waals surface area (Å²) in [6.07, 6.45) is 3.34. The Kier molecular flexibility index (Phi) is 2.74. The number of aromatic hydroxyl groups is 1. The largest absolute Gasteiger partial charge is 0.504 e. The van der Waals surface area contributed by atoms with Crippen LogP contribution >= 0.6 is 0 Å². The lowest BCUT2D eigenvalue weighted by Gasteiger charge is -2.15. The topological polar surface area (TPSA) is 90.8 Å². The van der Waals surface area contributed by atoms with Crippen molar-refractivity contribution in [1.29, 1.82) is 0 Å². The van der Waals surface area contributed by atoms with Crippen LogP contribution in [0.3, 0.4) is 0 Å². The van der Waals surface area contributed by atoms with Gasteiger partial charge in [-0.15, -0.1) is 0 Å². The molecule has 7 heteroatoms. The molecule has 0 aliphatic carbocycles. The van der Waals surface area contributed by atoms with E-state index in [0.717, 1.165) is 11.1 Å².